The number of nitrogens with one attached hydrogen (secondary N) is 1. The lowest BCUT2D eigenvalue weighted by molar-refractivity contribution is -0.164. The van der Waals surface area contributed by atoms with Gasteiger partial charge in [-0.2, -0.15) is 0 Å². The van der Waals surface area contributed by atoms with Crippen molar-refractivity contribution in [3.05, 3.63) is 44.5 Å². The van der Waals surface area contributed by atoms with Crippen molar-refractivity contribution >= 4 is 15.7 Å². The number of nitrogens with zero attached hydrogens (tertiary/aromatic N) is 3. The summed E-state index contributed by atoms with van der Waals surface area (Å²) in [7, 11) is -2.81. The van der Waals surface area contributed by atoms with Crippen LogP contribution in [0.15, 0.2) is 21.9 Å². The van der Waals surface area contributed by atoms with Crippen LogP contribution >= 0.6 is 15.7 Å². The maximum absolute atomic E-state index is 12.5. The monoisotopic (exact) mass is 534 g/mol. The van der Waals surface area contributed by atoms with Crippen LogP contribution in [0.2, 0.25) is 0 Å². The summed E-state index contributed by atoms with van der Waals surface area (Å²) in [5, 5.41) is 0. The Morgan fingerprint density at radius 2 is 1.91 bits per heavy atom. The molecule has 1 aromatic heterocycles. The van der Waals surface area contributed by atoms with Gasteiger partial charge in [0.25, 0.3) is 14.1 Å². The third-order valence-corrected chi connectivity index (χ3v) is 7.86. The first kappa shape index (κ1) is 29.8. The van der Waals surface area contributed by atoms with Gasteiger partial charge in [0.2, 0.25) is 6.54 Å². The summed E-state index contributed by atoms with van der Waals surface area (Å²) < 4.78 is 45.7. The molecule has 1 fully saturated rings. The highest BCUT2D eigenvalue weighted by molar-refractivity contribution is 7.62. The highest BCUT2D eigenvalue weighted by Gasteiger charge is 2.50. The van der Waals surface area contributed by atoms with Gasteiger partial charge in [0.05, 0.1) is 0 Å². The number of hydrogen-bond acceptors (Lipinski definition) is 9. The van der Waals surface area contributed by atoms with Gasteiger partial charge < -0.3 is 32.7 Å². The van der Waals surface area contributed by atoms with Crippen LogP contribution in [-0.4, -0.2) is 84.7 Å². The van der Waals surface area contributed by atoms with Crippen molar-refractivity contribution in [1.29, 1.82) is 0 Å². The average Bonchev–Trinajstić information content (AvgIpc) is 3.08. The molecule has 0 amide bonds. The minimum atomic E-state index is -2.57. The SMILES string of the molecule is [C-]#[N+]CCOP(OC1[C@@H](OCP(C)(C)=O)O[C@@H](n2ccc(=O)[nH]c2=O)[C@H]1OC)N(C(C)C)C(C)C. The lowest BCUT2D eigenvalue weighted by Gasteiger charge is -2.37. The molecule has 1 aromatic rings. The molecule has 0 radical (unpaired) electrons. The van der Waals surface area contributed by atoms with Gasteiger partial charge in [-0.15, -0.1) is 0 Å². The molecule has 5 atom stereocenters. The molecule has 2 heterocycles. The van der Waals surface area contributed by atoms with Crippen LogP contribution in [0.5, 0.6) is 0 Å². The molecular weight excluding hydrogens is 498 g/mol. The van der Waals surface area contributed by atoms with Crippen molar-refractivity contribution in [2.45, 2.75) is 64.5 Å². The van der Waals surface area contributed by atoms with Crippen LogP contribution in [0.4, 0.5) is 0 Å². The minimum Gasteiger partial charge on any atom is -0.374 e. The molecule has 0 aliphatic carbocycles. The number of H-pyrrole nitrogens is 1. The van der Waals surface area contributed by atoms with Crippen molar-refractivity contribution in [3.8, 4) is 0 Å². The van der Waals surface area contributed by atoms with Crippen LogP contribution < -0.4 is 11.2 Å². The van der Waals surface area contributed by atoms with Crippen LogP contribution in [0.25, 0.3) is 4.85 Å². The van der Waals surface area contributed by atoms with Gasteiger partial charge in [0.1, 0.15) is 32.3 Å². The van der Waals surface area contributed by atoms with Gasteiger partial charge >= 0.3 is 5.69 Å². The number of methoxy groups -OCH3 is 1. The highest BCUT2D eigenvalue weighted by atomic mass is 31.2. The molecule has 14 heteroatoms. The summed E-state index contributed by atoms with van der Waals surface area (Å²) >= 11 is 0. The van der Waals surface area contributed by atoms with E-state index in [4.69, 9.17) is 29.8 Å². The van der Waals surface area contributed by atoms with Crippen molar-refractivity contribution in [3.63, 3.8) is 0 Å². The van der Waals surface area contributed by atoms with Crippen molar-refractivity contribution in [2.24, 2.45) is 0 Å². The largest absolute Gasteiger partial charge is 0.374 e. The Morgan fingerprint density at radius 1 is 1.26 bits per heavy atom. The molecule has 0 spiro atoms. The van der Waals surface area contributed by atoms with E-state index in [0.29, 0.717) is 0 Å². The van der Waals surface area contributed by atoms with E-state index in [1.165, 1.54) is 23.9 Å². The van der Waals surface area contributed by atoms with Crippen LogP contribution in [-0.2, 0) is 27.8 Å². The fourth-order valence-electron chi connectivity index (χ4n) is 3.60. The molecular formula is C21H36N4O8P2. The Kier molecular flexibility index (Phi) is 11.3. The van der Waals surface area contributed by atoms with E-state index < -0.39 is 51.6 Å². The minimum absolute atomic E-state index is 0.0563. The lowest BCUT2D eigenvalue weighted by atomic mass is 10.2. The van der Waals surface area contributed by atoms with Crippen LogP contribution in [0.1, 0.15) is 33.9 Å². The van der Waals surface area contributed by atoms with Crippen LogP contribution in [0, 0.1) is 6.57 Å². The summed E-state index contributed by atoms with van der Waals surface area (Å²) in [6.45, 7) is 18.6. The van der Waals surface area contributed by atoms with Crippen molar-refractivity contribution in [2.75, 3.05) is 39.9 Å². The van der Waals surface area contributed by atoms with Crippen molar-refractivity contribution < 1.29 is 27.8 Å². The molecule has 0 aromatic carbocycles. The summed E-state index contributed by atoms with van der Waals surface area (Å²) in [5.41, 5.74) is -1.22. The fourth-order valence-corrected chi connectivity index (χ4v) is 5.83. The van der Waals surface area contributed by atoms with E-state index in [9.17, 15) is 14.2 Å². The summed E-state index contributed by atoms with van der Waals surface area (Å²) in [6.07, 6.45) is -2.48. The first-order chi connectivity index (χ1) is 16.4. The van der Waals surface area contributed by atoms with Gasteiger partial charge in [-0.1, -0.05) is 0 Å². The normalized spacial score (nSPS) is 23.8. The van der Waals surface area contributed by atoms with Gasteiger partial charge in [-0.25, -0.2) is 16.0 Å². The molecule has 1 aliphatic heterocycles. The fraction of sp³-hybridized carbons (Fsp3) is 0.762. The second-order valence-electron chi connectivity index (χ2n) is 9.07. The number of hydrogen-bond donors (Lipinski definition) is 1. The van der Waals surface area contributed by atoms with E-state index in [0.717, 1.165) is 0 Å². The first-order valence-electron chi connectivity index (χ1n) is 11.3. The summed E-state index contributed by atoms with van der Waals surface area (Å²) in [5.74, 6) is 0. The van der Waals surface area contributed by atoms with Gasteiger partial charge in [-0.05, 0) is 41.0 Å². The van der Waals surface area contributed by atoms with Crippen molar-refractivity contribution in [1.82, 2.24) is 14.2 Å². The molecule has 1 N–H and O–H groups in total. The number of aromatic amines is 1. The molecule has 0 bridgehead atoms. The van der Waals surface area contributed by atoms with Gasteiger partial charge in [0.15, 0.2) is 12.5 Å². The second-order valence-corrected chi connectivity index (χ2v) is 13.9. The van der Waals surface area contributed by atoms with E-state index >= 15 is 0 Å². The molecule has 1 aliphatic rings. The molecule has 35 heavy (non-hydrogen) atoms. The van der Waals surface area contributed by atoms with E-state index in [1.54, 1.807) is 13.3 Å². The van der Waals surface area contributed by atoms with Gasteiger partial charge in [0, 0.05) is 31.5 Å². The maximum atomic E-state index is 12.5. The zero-order valence-corrected chi connectivity index (χ0v) is 23.0. The Morgan fingerprint density at radius 3 is 2.43 bits per heavy atom. The zero-order valence-electron chi connectivity index (χ0n) is 21.2. The topological polar surface area (TPSA) is 126 Å². The quantitative estimate of drug-likeness (QED) is 0.231. The standard InChI is InChI=1S/C21H36N4O8P2/c1-14(2)25(15(3)4)34(31-12-10-22-5)33-18-17(29-6)19(24-11-9-16(26)23-21(24)27)32-20(18)30-13-35(7,8)28/h9,11,14-15,17-20H,10,12-13H2,1-4,6-8H3,(H,23,26,27)/t17-,18?,19+,20-,34?/m0/s1. The molecule has 0 saturated carbocycles. The summed E-state index contributed by atoms with van der Waals surface area (Å²) in [4.78, 5) is 29.6. The zero-order chi connectivity index (χ0) is 26.3. The second kappa shape index (κ2) is 13.2. The highest BCUT2D eigenvalue weighted by Crippen LogP contribution is 2.50. The van der Waals surface area contributed by atoms with E-state index in [2.05, 4.69) is 9.83 Å². The van der Waals surface area contributed by atoms with E-state index in [1.807, 2.05) is 32.4 Å². The third-order valence-electron chi connectivity index (χ3n) is 4.96. The predicted octanol–water partition coefficient (Wildman–Crippen LogP) is 2.67. The molecule has 198 valence electrons. The first-order valence-corrected chi connectivity index (χ1v) is 15.2. The Bertz CT molecular complexity index is 1010. The Hall–Kier alpha value is -1.41. The Balaban J connectivity index is 2.45. The lowest BCUT2D eigenvalue weighted by Crippen LogP contribution is -2.41. The summed E-state index contributed by atoms with van der Waals surface area (Å²) in [6, 6.07) is 1.31. The third kappa shape index (κ3) is 8.31. The van der Waals surface area contributed by atoms with Gasteiger partial charge in [-0.3, -0.25) is 14.3 Å². The molecule has 1 saturated heterocycles. The van der Waals surface area contributed by atoms with E-state index in [-0.39, 0.29) is 31.6 Å². The number of aromatic nitrogens is 2. The smallest absolute Gasteiger partial charge is 0.330 e. The molecule has 2 rings (SSSR count). The van der Waals surface area contributed by atoms with Crippen LogP contribution in [0.3, 0.4) is 0 Å². The predicted molar refractivity (Wildman–Crippen MR) is 133 cm³/mol. The average molecular weight is 534 g/mol. The maximum Gasteiger partial charge on any atom is 0.330 e. The Labute approximate surface area is 207 Å². The number of ether oxygens (including phenoxy) is 3. The molecule has 12 nitrogen and oxygen atoms in total. The molecule has 2 unspecified atom stereocenters. The number of rotatable bonds is 13.